The van der Waals surface area contributed by atoms with Crippen molar-refractivity contribution in [3.63, 3.8) is 0 Å². The number of benzene rings is 1. The minimum absolute atomic E-state index is 0.0516. The molecule has 4 rings (SSSR count). The molecule has 6 heteroatoms. The lowest BCUT2D eigenvalue weighted by atomic mass is 9.86. The molecule has 2 fully saturated rings. The monoisotopic (exact) mass is 392 g/mol. The lowest BCUT2D eigenvalue weighted by molar-refractivity contribution is -0.129. The number of carbonyl (C=O) groups excluding carboxylic acids is 2. The van der Waals surface area contributed by atoms with E-state index < -0.39 is 0 Å². The van der Waals surface area contributed by atoms with E-state index in [9.17, 15) is 9.59 Å². The van der Waals surface area contributed by atoms with E-state index in [1.807, 2.05) is 60.4 Å². The summed E-state index contributed by atoms with van der Waals surface area (Å²) >= 11 is 0. The van der Waals surface area contributed by atoms with Crippen LogP contribution in [0, 0.1) is 5.41 Å². The van der Waals surface area contributed by atoms with E-state index in [0.29, 0.717) is 12.0 Å². The normalized spacial score (nSPS) is 21.2. The number of hydrogen-bond acceptors (Lipinski definition) is 3. The second-order valence-electron chi connectivity index (χ2n) is 8.66. The van der Waals surface area contributed by atoms with Crippen LogP contribution in [0.2, 0.25) is 0 Å². The Hall–Kier alpha value is -2.89. The van der Waals surface area contributed by atoms with Gasteiger partial charge in [-0.25, -0.2) is 0 Å². The summed E-state index contributed by atoms with van der Waals surface area (Å²) in [7, 11) is 1.89. The van der Waals surface area contributed by atoms with Gasteiger partial charge in [0.25, 0.3) is 5.91 Å². The van der Waals surface area contributed by atoms with E-state index in [4.69, 9.17) is 0 Å². The average Bonchev–Trinajstić information content (AvgIpc) is 3.42. The second kappa shape index (κ2) is 7.50. The van der Waals surface area contributed by atoms with Crippen molar-refractivity contribution in [2.75, 3.05) is 26.2 Å². The third-order valence-electron chi connectivity index (χ3n) is 6.14. The number of nitrogens with zero attached hydrogens (tertiary/aromatic N) is 4. The molecule has 0 N–H and O–H groups in total. The summed E-state index contributed by atoms with van der Waals surface area (Å²) < 4.78 is 1.77. The van der Waals surface area contributed by atoms with E-state index in [0.717, 1.165) is 55.7 Å². The van der Waals surface area contributed by atoms with E-state index in [1.54, 1.807) is 4.68 Å². The van der Waals surface area contributed by atoms with Crippen LogP contribution in [0.5, 0.6) is 0 Å². The molecule has 2 saturated heterocycles. The summed E-state index contributed by atoms with van der Waals surface area (Å²) in [5.74, 6) is 0.233. The highest BCUT2D eigenvalue weighted by atomic mass is 16.2. The lowest BCUT2D eigenvalue weighted by Crippen LogP contribution is -2.35. The van der Waals surface area contributed by atoms with Crippen LogP contribution < -0.4 is 0 Å². The number of amides is 2. The predicted octanol–water partition coefficient (Wildman–Crippen LogP) is 3.12. The first-order valence-electron chi connectivity index (χ1n) is 10.2. The van der Waals surface area contributed by atoms with E-state index in [1.165, 1.54) is 0 Å². The van der Waals surface area contributed by atoms with Crippen LogP contribution in [0.25, 0.3) is 11.1 Å². The van der Waals surface area contributed by atoms with Gasteiger partial charge in [-0.2, -0.15) is 5.10 Å². The standard InChI is InChI=1S/C23H28N4O2/c1-17(2)12-21(28)26-10-8-23(15-26)9-11-27(16-23)22(29)19-6-4-18(5-7-19)20-13-24-25(3)14-20/h4-7,13-14H,1,8-12,15-16H2,2-3H3. The maximum Gasteiger partial charge on any atom is 0.253 e. The van der Waals surface area contributed by atoms with Crippen LogP contribution in [0.3, 0.4) is 0 Å². The molecule has 29 heavy (non-hydrogen) atoms. The van der Waals surface area contributed by atoms with Crippen LogP contribution in [0.4, 0.5) is 0 Å². The Kier molecular flexibility index (Phi) is 5.03. The molecule has 1 aromatic heterocycles. The van der Waals surface area contributed by atoms with Gasteiger partial charge in [-0.15, -0.1) is 0 Å². The number of hydrogen-bond donors (Lipinski definition) is 0. The van der Waals surface area contributed by atoms with Gasteiger partial charge in [-0.05, 0) is 37.5 Å². The highest BCUT2D eigenvalue weighted by molar-refractivity contribution is 5.95. The van der Waals surface area contributed by atoms with Gasteiger partial charge in [0.2, 0.25) is 5.91 Å². The highest BCUT2D eigenvalue weighted by Gasteiger charge is 2.45. The van der Waals surface area contributed by atoms with Crippen LogP contribution in [-0.2, 0) is 11.8 Å². The molecule has 3 heterocycles. The maximum absolute atomic E-state index is 13.0. The molecule has 0 radical (unpaired) electrons. The number of aromatic nitrogens is 2. The fourth-order valence-corrected chi connectivity index (χ4v) is 4.52. The third-order valence-corrected chi connectivity index (χ3v) is 6.14. The van der Waals surface area contributed by atoms with Gasteiger partial charge >= 0.3 is 0 Å². The van der Waals surface area contributed by atoms with Crippen molar-refractivity contribution in [2.24, 2.45) is 12.5 Å². The first-order chi connectivity index (χ1) is 13.8. The minimum atomic E-state index is 0.0516. The van der Waals surface area contributed by atoms with Crippen LogP contribution in [0.1, 0.15) is 36.5 Å². The molecule has 152 valence electrons. The van der Waals surface area contributed by atoms with Gasteiger partial charge in [0.05, 0.1) is 6.20 Å². The quantitative estimate of drug-likeness (QED) is 0.751. The highest BCUT2D eigenvalue weighted by Crippen LogP contribution is 2.40. The van der Waals surface area contributed by atoms with Crippen LogP contribution >= 0.6 is 0 Å². The number of likely N-dealkylation sites (tertiary alicyclic amines) is 2. The van der Waals surface area contributed by atoms with Crippen molar-refractivity contribution < 1.29 is 9.59 Å². The van der Waals surface area contributed by atoms with E-state index in [-0.39, 0.29) is 17.2 Å². The number of rotatable bonds is 4. The van der Waals surface area contributed by atoms with Crippen molar-refractivity contribution >= 4 is 11.8 Å². The summed E-state index contributed by atoms with van der Waals surface area (Å²) in [6, 6.07) is 7.74. The molecule has 1 atom stereocenters. The van der Waals surface area contributed by atoms with Gasteiger partial charge in [0.1, 0.15) is 0 Å². The van der Waals surface area contributed by atoms with Gasteiger partial charge in [0, 0.05) is 62.4 Å². The summed E-state index contributed by atoms with van der Waals surface area (Å²) in [5, 5.41) is 4.20. The first kappa shape index (κ1) is 19.4. The first-order valence-corrected chi connectivity index (χ1v) is 10.2. The molecule has 0 saturated carbocycles. The Morgan fingerprint density at radius 3 is 2.34 bits per heavy atom. The fourth-order valence-electron chi connectivity index (χ4n) is 4.52. The smallest absolute Gasteiger partial charge is 0.253 e. The molecule has 1 unspecified atom stereocenters. The van der Waals surface area contributed by atoms with Crippen LogP contribution in [-0.4, -0.2) is 57.6 Å². The zero-order valence-electron chi connectivity index (χ0n) is 17.2. The van der Waals surface area contributed by atoms with Gasteiger partial charge in [0.15, 0.2) is 0 Å². The molecule has 2 amide bonds. The molecule has 2 aliphatic rings. The Balaban J connectivity index is 1.40. The van der Waals surface area contributed by atoms with Gasteiger partial charge in [-0.3, -0.25) is 14.3 Å². The van der Waals surface area contributed by atoms with E-state index in [2.05, 4.69) is 11.7 Å². The van der Waals surface area contributed by atoms with E-state index >= 15 is 0 Å². The summed E-state index contributed by atoms with van der Waals surface area (Å²) in [6.45, 7) is 8.76. The average molecular weight is 393 g/mol. The van der Waals surface area contributed by atoms with Gasteiger partial charge in [-0.1, -0.05) is 24.3 Å². The molecule has 1 spiro atoms. The Labute approximate surface area is 171 Å². The lowest BCUT2D eigenvalue weighted by Gasteiger charge is -2.25. The third kappa shape index (κ3) is 3.97. The summed E-state index contributed by atoms with van der Waals surface area (Å²) in [4.78, 5) is 29.3. The summed E-state index contributed by atoms with van der Waals surface area (Å²) in [5.41, 5.74) is 3.75. The van der Waals surface area contributed by atoms with Crippen molar-refractivity contribution in [1.29, 1.82) is 0 Å². The number of aryl methyl sites for hydroxylation is 1. The van der Waals surface area contributed by atoms with Crippen molar-refractivity contribution in [2.45, 2.75) is 26.2 Å². The fraction of sp³-hybridized carbons (Fsp3) is 0.435. The molecule has 0 bridgehead atoms. The molecule has 2 aromatic rings. The molecular weight excluding hydrogens is 364 g/mol. The zero-order valence-corrected chi connectivity index (χ0v) is 17.2. The van der Waals surface area contributed by atoms with Crippen molar-refractivity contribution in [3.05, 3.63) is 54.4 Å². The predicted molar refractivity (Wildman–Crippen MR) is 112 cm³/mol. The number of carbonyl (C=O) groups is 2. The molecule has 1 aromatic carbocycles. The topological polar surface area (TPSA) is 58.4 Å². The maximum atomic E-state index is 13.0. The minimum Gasteiger partial charge on any atom is -0.342 e. The molecule has 0 aliphatic carbocycles. The molecule has 6 nitrogen and oxygen atoms in total. The largest absolute Gasteiger partial charge is 0.342 e. The van der Waals surface area contributed by atoms with Crippen LogP contribution in [0.15, 0.2) is 48.8 Å². The summed E-state index contributed by atoms with van der Waals surface area (Å²) in [6.07, 6.45) is 6.13. The van der Waals surface area contributed by atoms with Crippen molar-refractivity contribution in [3.8, 4) is 11.1 Å². The molecule has 2 aliphatic heterocycles. The van der Waals surface area contributed by atoms with Crippen molar-refractivity contribution in [1.82, 2.24) is 19.6 Å². The SMILES string of the molecule is C=C(C)CC(=O)N1CCC2(CCN(C(=O)c3ccc(-c4cnn(C)c4)cc3)C2)C1. The Morgan fingerprint density at radius 2 is 1.72 bits per heavy atom. The Bertz CT molecular complexity index is 946. The van der Waals surface area contributed by atoms with Gasteiger partial charge < -0.3 is 9.80 Å². The zero-order chi connectivity index (χ0) is 20.6. The molecular formula is C23H28N4O2. The Morgan fingerprint density at radius 1 is 1.07 bits per heavy atom. The second-order valence-corrected chi connectivity index (χ2v) is 8.66.